The molecule has 0 heterocycles. The summed E-state index contributed by atoms with van der Waals surface area (Å²) in [6.45, 7) is 4.82. The summed E-state index contributed by atoms with van der Waals surface area (Å²) in [5.74, 6) is 0.0656. The lowest BCUT2D eigenvalue weighted by Gasteiger charge is -2.25. The zero-order valence-electron chi connectivity index (χ0n) is 15.2. The Hall–Kier alpha value is -2.13. The summed E-state index contributed by atoms with van der Waals surface area (Å²) in [7, 11) is 4.09. The van der Waals surface area contributed by atoms with E-state index in [0.29, 0.717) is 13.0 Å². The summed E-state index contributed by atoms with van der Waals surface area (Å²) >= 11 is 0. The van der Waals surface area contributed by atoms with Crippen molar-refractivity contribution in [1.29, 1.82) is 0 Å². The van der Waals surface area contributed by atoms with Gasteiger partial charge in [-0.2, -0.15) is 0 Å². The van der Waals surface area contributed by atoms with Gasteiger partial charge in [-0.05, 0) is 44.1 Å². The number of nitrogens with one attached hydrogen (secondary N) is 1. The van der Waals surface area contributed by atoms with E-state index in [0.717, 1.165) is 12.0 Å². The Morgan fingerprint density at radius 2 is 1.58 bits per heavy atom. The van der Waals surface area contributed by atoms with Crippen LogP contribution in [0.3, 0.4) is 0 Å². The molecule has 128 valence electrons. The molecule has 3 heteroatoms. The molecule has 0 spiro atoms. The monoisotopic (exact) mass is 324 g/mol. The Morgan fingerprint density at radius 1 is 1.00 bits per heavy atom. The Labute approximate surface area is 145 Å². The van der Waals surface area contributed by atoms with Crippen molar-refractivity contribution in [2.75, 3.05) is 20.6 Å². The highest BCUT2D eigenvalue weighted by atomic mass is 16.1. The number of nitrogens with zero attached hydrogens (tertiary/aromatic N) is 1. The normalized spacial score (nSPS) is 12.2. The summed E-state index contributed by atoms with van der Waals surface area (Å²) < 4.78 is 0. The molecule has 1 unspecified atom stereocenters. The number of carbonyl (C=O) groups excluding carboxylic acids is 1. The molecule has 0 aromatic heterocycles. The third kappa shape index (κ3) is 5.20. The van der Waals surface area contributed by atoms with Crippen LogP contribution in [0.1, 0.15) is 35.2 Å². The maximum Gasteiger partial charge on any atom is 0.224 e. The third-order valence-electron chi connectivity index (χ3n) is 4.37. The van der Waals surface area contributed by atoms with E-state index in [9.17, 15) is 4.79 Å². The van der Waals surface area contributed by atoms with Crippen LogP contribution in [0.5, 0.6) is 0 Å². The maximum absolute atomic E-state index is 12.2. The number of likely N-dealkylation sites (N-methyl/N-ethyl adjacent to an activating group) is 1. The molecule has 2 aromatic carbocycles. The average Bonchev–Trinajstić information content (AvgIpc) is 2.57. The van der Waals surface area contributed by atoms with E-state index in [1.165, 1.54) is 16.7 Å². The fourth-order valence-corrected chi connectivity index (χ4v) is 2.74. The highest BCUT2D eigenvalue weighted by molar-refractivity contribution is 5.78. The van der Waals surface area contributed by atoms with Crippen molar-refractivity contribution in [3.05, 3.63) is 70.8 Å². The van der Waals surface area contributed by atoms with Gasteiger partial charge in [0.1, 0.15) is 0 Å². The Kier molecular flexibility index (Phi) is 6.56. The van der Waals surface area contributed by atoms with Crippen LogP contribution in [-0.2, 0) is 17.6 Å². The molecule has 1 amide bonds. The molecule has 2 aromatic rings. The predicted molar refractivity (Wildman–Crippen MR) is 100 cm³/mol. The van der Waals surface area contributed by atoms with Crippen molar-refractivity contribution in [3.63, 3.8) is 0 Å². The van der Waals surface area contributed by atoms with Crippen molar-refractivity contribution < 1.29 is 4.79 Å². The summed E-state index contributed by atoms with van der Waals surface area (Å²) in [5, 5.41) is 3.07. The molecule has 0 aliphatic carbocycles. The van der Waals surface area contributed by atoms with Gasteiger partial charge in [0.2, 0.25) is 5.91 Å². The molecule has 0 aliphatic rings. The van der Waals surface area contributed by atoms with Gasteiger partial charge in [-0.3, -0.25) is 4.79 Å². The quantitative estimate of drug-likeness (QED) is 0.845. The molecule has 2 rings (SSSR count). The highest BCUT2D eigenvalue weighted by Crippen LogP contribution is 2.18. The van der Waals surface area contributed by atoms with E-state index in [4.69, 9.17) is 0 Å². The fraction of sp³-hybridized carbons (Fsp3) is 0.381. The van der Waals surface area contributed by atoms with Crippen LogP contribution in [0.25, 0.3) is 0 Å². The number of carbonyl (C=O) groups is 1. The van der Waals surface area contributed by atoms with Gasteiger partial charge >= 0.3 is 0 Å². The minimum atomic E-state index is 0.0656. The number of aryl methyl sites for hydroxylation is 2. The Morgan fingerprint density at radius 3 is 2.12 bits per heavy atom. The summed E-state index contributed by atoms with van der Waals surface area (Å²) in [6, 6.07) is 17.0. The van der Waals surface area contributed by atoms with Gasteiger partial charge in [-0.15, -0.1) is 0 Å². The van der Waals surface area contributed by atoms with Crippen LogP contribution in [-0.4, -0.2) is 31.4 Å². The number of amides is 1. The second kappa shape index (κ2) is 8.65. The first-order chi connectivity index (χ1) is 11.5. The minimum absolute atomic E-state index is 0.0656. The van der Waals surface area contributed by atoms with Gasteiger partial charge < -0.3 is 10.2 Å². The first kappa shape index (κ1) is 18.2. The van der Waals surface area contributed by atoms with Crippen LogP contribution >= 0.6 is 0 Å². The van der Waals surface area contributed by atoms with Gasteiger partial charge in [-0.25, -0.2) is 0 Å². The van der Waals surface area contributed by atoms with Crippen LogP contribution in [0.4, 0.5) is 0 Å². The molecule has 0 aliphatic heterocycles. The Balaban J connectivity index is 1.95. The molecule has 0 radical (unpaired) electrons. The topological polar surface area (TPSA) is 32.3 Å². The maximum atomic E-state index is 12.2. The standard InChI is InChI=1S/C21H28N2O/c1-5-17-10-12-19(13-11-17)20(23(3)4)15-22-21(24)14-18-8-6-16(2)7-9-18/h6-13,20H,5,14-15H2,1-4H3,(H,22,24). The summed E-state index contributed by atoms with van der Waals surface area (Å²) in [6.07, 6.45) is 1.47. The zero-order valence-corrected chi connectivity index (χ0v) is 15.2. The number of hydrogen-bond donors (Lipinski definition) is 1. The van der Waals surface area contributed by atoms with E-state index in [2.05, 4.69) is 48.3 Å². The number of benzene rings is 2. The molecule has 0 saturated carbocycles. The molecule has 3 nitrogen and oxygen atoms in total. The van der Waals surface area contributed by atoms with Gasteiger partial charge in [0.05, 0.1) is 12.5 Å². The lowest BCUT2D eigenvalue weighted by Crippen LogP contribution is -2.35. The zero-order chi connectivity index (χ0) is 17.5. The van der Waals surface area contributed by atoms with Crippen molar-refractivity contribution in [2.24, 2.45) is 0 Å². The van der Waals surface area contributed by atoms with Crippen LogP contribution in [0, 0.1) is 6.92 Å². The van der Waals surface area contributed by atoms with E-state index in [1.54, 1.807) is 0 Å². The van der Waals surface area contributed by atoms with E-state index >= 15 is 0 Å². The number of rotatable bonds is 7. The lowest BCUT2D eigenvalue weighted by molar-refractivity contribution is -0.120. The van der Waals surface area contributed by atoms with E-state index in [1.807, 2.05) is 38.4 Å². The molecule has 0 bridgehead atoms. The van der Waals surface area contributed by atoms with E-state index < -0.39 is 0 Å². The van der Waals surface area contributed by atoms with Crippen molar-refractivity contribution >= 4 is 5.91 Å². The highest BCUT2D eigenvalue weighted by Gasteiger charge is 2.15. The first-order valence-electron chi connectivity index (χ1n) is 8.57. The molecule has 1 atom stereocenters. The SMILES string of the molecule is CCc1ccc(C(CNC(=O)Cc2ccc(C)cc2)N(C)C)cc1. The van der Waals surface area contributed by atoms with E-state index in [-0.39, 0.29) is 11.9 Å². The van der Waals surface area contributed by atoms with Crippen molar-refractivity contribution in [2.45, 2.75) is 32.7 Å². The van der Waals surface area contributed by atoms with Gasteiger partial charge in [0, 0.05) is 6.54 Å². The second-order valence-electron chi connectivity index (χ2n) is 6.54. The van der Waals surface area contributed by atoms with Crippen LogP contribution < -0.4 is 5.32 Å². The van der Waals surface area contributed by atoms with Crippen LogP contribution in [0.2, 0.25) is 0 Å². The van der Waals surface area contributed by atoms with Crippen LogP contribution in [0.15, 0.2) is 48.5 Å². The molecule has 1 N–H and O–H groups in total. The fourth-order valence-electron chi connectivity index (χ4n) is 2.74. The van der Waals surface area contributed by atoms with Gasteiger partial charge in [0.25, 0.3) is 0 Å². The average molecular weight is 324 g/mol. The minimum Gasteiger partial charge on any atom is -0.354 e. The summed E-state index contributed by atoms with van der Waals surface area (Å²) in [5.41, 5.74) is 4.82. The first-order valence-corrected chi connectivity index (χ1v) is 8.57. The predicted octanol–water partition coefficient (Wildman–Crippen LogP) is 3.52. The molecular weight excluding hydrogens is 296 g/mol. The summed E-state index contributed by atoms with van der Waals surface area (Å²) in [4.78, 5) is 14.4. The Bertz CT molecular complexity index is 645. The molecule has 0 saturated heterocycles. The van der Waals surface area contributed by atoms with Crippen molar-refractivity contribution in [3.8, 4) is 0 Å². The number of hydrogen-bond acceptors (Lipinski definition) is 2. The molecule has 24 heavy (non-hydrogen) atoms. The van der Waals surface area contributed by atoms with Crippen molar-refractivity contribution in [1.82, 2.24) is 10.2 Å². The molecular formula is C21H28N2O. The smallest absolute Gasteiger partial charge is 0.224 e. The molecule has 0 fully saturated rings. The second-order valence-corrected chi connectivity index (χ2v) is 6.54. The third-order valence-corrected chi connectivity index (χ3v) is 4.37. The van der Waals surface area contributed by atoms with Gasteiger partial charge in [0.15, 0.2) is 0 Å². The van der Waals surface area contributed by atoms with Gasteiger partial charge in [-0.1, -0.05) is 61.0 Å². The lowest BCUT2D eigenvalue weighted by atomic mass is 10.0. The largest absolute Gasteiger partial charge is 0.354 e.